The average molecular weight is 298 g/mol. The van der Waals surface area contributed by atoms with Crippen LogP contribution in [0.5, 0.6) is 0 Å². The molecule has 2 rings (SSSR count). The first kappa shape index (κ1) is 14.9. The predicted molar refractivity (Wildman–Crippen MR) is 70.8 cm³/mol. The summed E-state index contributed by atoms with van der Waals surface area (Å²) in [6.45, 7) is 0.361. The van der Waals surface area contributed by atoms with Gasteiger partial charge in [-0.05, 0) is 24.3 Å². The Morgan fingerprint density at radius 1 is 1.24 bits per heavy atom. The predicted octanol–water partition coefficient (Wildman–Crippen LogP) is 2.79. The van der Waals surface area contributed by atoms with Crippen LogP contribution in [0, 0.1) is 0 Å². The zero-order valence-electron chi connectivity index (χ0n) is 10.9. The fourth-order valence-corrected chi connectivity index (χ4v) is 1.65. The van der Waals surface area contributed by atoms with E-state index in [1.807, 2.05) is 0 Å². The number of nitrogens with zero attached hydrogens (tertiary/aromatic N) is 1. The van der Waals surface area contributed by atoms with Crippen molar-refractivity contribution in [2.45, 2.75) is 12.6 Å². The zero-order valence-corrected chi connectivity index (χ0v) is 10.9. The second-order valence-electron chi connectivity index (χ2n) is 4.24. The van der Waals surface area contributed by atoms with Crippen LogP contribution in [-0.4, -0.2) is 22.5 Å². The first-order valence-corrected chi connectivity index (χ1v) is 6.15. The summed E-state index contributed by atoms with van der Waals surface area (Å²) >= 11 is 0. The number of aromatic amines is 1. The Bertz CT molecular complexity index is 578. The molecular formula is C13H13F3N4O. The van der Waals surface area contributed by atoms with Crippen molar-refractivity contribution in [3.63, 3.8) is 0 Å². The molecule has 0 spiro atoms. The summed E-state index contributed by atoms with van der Waals surface area (Å²) in [6.07, 6.45) is -0.563. The highest BCUT2D eigenvalue weighted by molar-refractivity contribution is 5.89. The van der Waals surface area contributed by atoms with Crippen molar-refractivity contribution in [2.75, 3.05) is 11.9 Å². The minimum Gasteiger partial charge on any atom is -0.349 e. The second kappa shape index (κ2) is 6.29. The number of halogens is 3. The van der Waals surface area contributed by atoms with Crippen LogP contribution in [0.1, 0.15) is 11.4 Å². The summed E-state index contributed by atoms with van der Waals surface area (Å²) in [5.41, 5.74) is -0.468. The first-order valence-electron chi connectivity index (χ1n) is 6.15. The van der Waals surface area contributed by atoms with Gasteiger partial charge in [-0.15, -0.1) is 0 Å². The van der Waals surface area contributed by atoms with Crippen LogP contribution in [-0.2, 0) is 12.6 Å². The van der Waals surface area contributed by atoms with E-state index in [0.29, 0.717) is 18.7 Å². The monoisotopic (exact) mass is 298 g/mol. The molecule has 1 aromatic heterocycles. The number of imidazole rings is 1. The lowest BCUT2D eigenvalue weighted by atomic mass is 10.2. The topological polar surface area (TPSA) is 69.8 Å². The Morgan fingerprint density at radius 3 is 2.52 bits per heavy atom. The number of hydrogen-bond donors (Lipinski definition) is 3. The molecule has 0 aliphatic heterocycles. The van der Waals surface area contributed by atoms with Crippen LogP contribution < -0.4 is 10.6 Å². The summed E-state index contributed by atoms with van der Waals surface area (Å²) < 4.78 is 37.1. The first-order chi connectivity index (χ1) is 9.95. The average Bonchev–Trinajstić information content (AvgIpc) is 2.91. The molecule has 2 amide bonds. The number of nitrogens with one attached hydrogen (secondary N) is 3. The molecule has 8 heteroatoms. The van der Waals surface area contributed by atoms with E-state index in [1.54, 1.807) is 12.4 Å². The van der Waals surface area contributed by atoms with Crippen LogP contribution in [0.2, 0.25) is 0 Å². The molecular weight excluding hydrogens is 285 g/mol. The lowest BCUT2D eigenvalue weighted by molar-refractivity contribution is -0.137. The molecule has 1 heterocycles. The Hall–Kier alpha value is -2.51. The van der Waals surface area contributed by atoms with Gasteiger partial charge in [0.05, 0.1) is 5.56 Å². The molecule has 21 heavy (non-hydrogen) atoms. The van der Waals surface area contributed by atoms with Gasteiger partial charge in [-0.3, -0.25) is 0 Å². The van der Waals surface area contributed by atoms with E-state index in [-0.39, 0.29) is 0 Å². The number of H-pyrrole nitrogens is 1. The van der Waals surface area contributed by atoms with Crippen LogP contribution in [0.25, 0.3) is 0 Å². The number of anilines is 1. The molecule has 0 saturated heterocycles. The minimum atomic E-state index is -4.39. The van der Waals surface area contributed by atoms with Crippen LogP contribution in [0.4, 0.5) is 23.7 Å². The SMILES string of the molecule is O=C(NCCc1ncc[nH]1)Nc1ccc(C(F)(F)F)cc1. The highest BCUT2D eigenvalue weighted by Crippen LogP contribution is 2.29. The molecule has 0 bridgehead atoms. The fraction of sp³-hybridized carbons (Fsp3) is 0.231. The molecule has 2 aromatic rings. The largest absolute Gasteiger partial charge is 0.416 e. The van der Waals surface area contributed by atoms with Gasteiger partial charge in [0.2, 0.25) is 0 Å². The van der Waals surface area contributed by atoms with Crippen molar-refractivity contribution >= 4 is 11.7 Å². The van der Waals surface area contributed by atoms with Crippen molar-refractivity contribution in [1.82, 2.24) is 15.3 Å². The number of amides is 2. The highest BCUT2D eigenvalue weighted by atomic mass is 19.4. The summed E-state index contributed by atoms with van der Waals surface area (Å²) in [5.74, 6) is 0.741. The number of urea groups is 1. The Morgan fingerprint density at radius 2 is 1.95 bits per heavy atom. The maximum absolute atomic E-state index is 12.4. The van der Waals surface area contributed by atoms with Gasteiger partial charge in [0.15, 0.2) is 0 Å². The Labute approximate surface area is 118 Å². The van der Waals surface area contributed by atoms with E-state index in [9.17, 15) is 18.0 Å². The van der Waals surface area contributed by atoms with Crippen LogP contribution in [0.15, 0.2) is 36.7 Å². The molecule has 3 N–H and O–H groups in total. The van der Waals surface area contributed by atoms with Gasteiger partial charge < -0.3 is 15.6 Å². The molecule has 0 fully saturated rings. The molecule has 0 saturated carbocycles. The van der Waals surface area contributed by atoms with E-state index in [1.165, 1.54) is 12.1 Å². The van der Waals surface area contributed by atoms with E-state index >= 15 is 0 Å². The smallest absolute Gasteiger partial charge is 0.349 e. The van der Waals surface area contributed by atoms with Gasteiger partial charge in [0.1, 0.15) is 5.82 Å². The summed E-state index contributed by atoms with van der Waals surface area (Å²) in [6, 6.07) is 3.75. The van der Waals surface area contributed by atoms with Crippen molar-refractivity contribution in [3.05, 3.63) is 48.0 Å². The van der Waals surface area contributed by atoms with Crippen molar-refractivity contribution in [2.24, 2.45) is 0 Å². The number of carbonyl (C=O) groups excluding carboxylic acids is 1. The maximum atomic E-state index is 12.4. The molecule has 0 atom stereocenters. The summed E-state index contributed by atoms with van der Waals surface area (Å²) in [7, 11) is 0. The number of hydrogen-bond acceptors (Lipinski definition) is 2. The molecule has 112 valence electrons. The molecule has 0 aliphatic carbocycles. The molecule has 5 nitrogen and oxygen atoms in total. The van der Waals surface area contributed by atoms with Crippen molar-refractivity contribution in [3.8, 4) is 0 Å². The summed E-state index contributed by atoms with van der Waals surface area (Å²) in [5, 5.41) is 5.03. The third-order valence-corrected chi connectivity index (χ3v) is 2.67. The fourth-order valence-electron chi connectivity index (χ4n) is 1.65. The van der Waals surface area contributed by atoms with Crippen LogP contribution in [0.3, 0.4) is 0 Å². The minimum absolute atomic E-state index is 0.290. The quantitative estimate of drug-likeness (QED) is 0.812. The van der Waals surface area contributed by atoms with E-state index < -0.39 is 17.8 Å². The molecule has 0 aliphatic rings. The number of alkyl halides is 3. The normalized spacial score (nSPS) is 11.2. The second-order valence-corrected chi connectivity index (χ2v) is 4.24. The van der Waals surface area contributed by atoms with Gasteiger partial charge in [0.25, 0.3) is 0 Å². The van der Waals surface area contributed by atoms with Gasteiger partial charge in [0, 0.05) is 31.0 Å². The van der Waals surface area contributed by atoms with E-state index in [0.717, 1.165) is 18.0 Å². The molecule has 1 aromatic carbocycles. The number of carbonyl (C=O) groups is 1. The standard InChI is InChI=1S/C13H13F3N4O/c14-13(15,16)9-1-3-10(4-2-9)20-12(21)19-6-5-11-17-7-8-18-11/h1-4,7-8H,5-6H2,(H,17,18)(H2,19,20,21). The Kier molecular flexibility index (Phi) is 4.46. The van der Waals surface area contributed by atoms with E-state index in [4.69, 9.17) is 0 Å². The van der Waals surface area contributed by atoms with Gasteiger partial charge in [-0.1, -0.05) is 0 Å². The summed E-state index contributed by atoms with van der Waals surface area (Å²) in [4.78, 5) is 18.4. The highest BCUT2D eigenvalue weighted by Gasteiger charge is 2.29. The maximum Gasteiger partial charge on any atom is 0.416 e. The van der Waals surface area contributed by atoms with Gasteiger partial charge >= 0.3 is 12.2 Å². The van der Waals surface area contributed by atoms with E-state index in [2.05, 4.69) is 20.6 Å². The van der Waals surface area contributed by atoms with Gasteiger partial charge in [-0.25, -0.2) is 9.78 Å². The third-order valence-electron chi connectivity index (χ3n) is 2.67. The number of aromatic nitrogens is 2. The third kappa shape index (κ3) is 4.51. The van der Waals surface area contributed by atoms with Gasteiger partial charge in [-0.2, -0.15) is 13.2 Å². The lowest BCUT2D eigenvalue weighted by Crippen LogP contribution is -2.30. The van der Waals surface area contributed by atoms with Crippen molar-refractivity contribution < 1.29 is 18.0 Å². The molecule has 0 unspecified atom stereocenters. The number of benzene rings is 1. The number of rotatable bonds is 4. The lowest BCUT2D eigenvalue weighted by Gasteiger charge is -2.09. The zero-order chi connectivity index (χ0) is 15.3. The molecule has 0 radical (unpaired) electrons. The van der Waals surface area contributed by atoms with Crippen LogP contribution >= 0.6 is 0 Å². The van der Waals surface area contributed by atoms with Crippen molar-refractivity contribution in [1.29, 1.82) is 0 Å². The Balaban J connectivity index is 1.79.